The average molecular weight is 240 g/mol. The molecule has 0 rings (SSSR count). The molecule has 0 saturated heterocycles. The molecule has 0 aromatic carbocycles. The standard InChI is InChI=1S/C13H20O4/c1-6-9-13(10(4)5,11(14)16-7-2)12(15)17-8-3/h6H,1,4,7-9H2,2-3,5H3. The fourth-order valence-electron chi connectivity index (χ4n) is 1.50. The normalized spacial score (nSPS) is 10.5. The van der Waals surface area contributed by atoms with Gasteiger partial charge in [-0.05, 0) is 27.2 Å². The van der Waals surface area contributed by atoms with Gasteiger partial charge < -0.3 is 9.47 Å². The summed E-state index contributed by atoms with van der Waals surface area (Å²) in [7, 11) is 0. The fraction of sp³-hybridized carbons (Fsp3) is 0.538. The number of esters is 2. The molecule has 0 aliphatic heterocycles. The summed E-state index contributed by atoms with van der Waals surface area (Å²) in [6.45, 7) is 12.6. The highest BCUT2D eigenvalue weighted by Gasteiger charge is 2.48. The quantitative estimate of drug-likeness (QED) is 0.389. The Labute approximate surface area is 102 Å². The summed E-state index contributed by atoms with van der Waals surface area (Å²) in [5.41, 5.74) is -1.07. The molecule has 0 saturated carbocycles. The van der Waals surface area contributed by atoms with E-state index in [2.05, 4.69) is 13.2 Å². The number of carbonyl (C=O) groups excluding carboxylic acids is 2. The molecule has 4 nitrogen and oxygen atoms in total. The molecule has 0 radical (unpaired) electrons. The topological polar surface area (TPSA) is 52.6 Å². The Bertz CT molecular complexity index is 299. The third-order valence-electron chi connectivity index (χ3n) is 2.43. The van der Waals surface area contributed by atoms with Crippen molar-refractivity contribution in [3.63, 3.8) is 0 Å². The fourth-order valence-corrected chi connectivity index (χ4v) is 1.50. The molecule has 0 bridgehead atoms. The van der Waals surface area contributed by atoms with E-state index in [-0.39, 0.29) is 19.6 Å². The van der Waals surface area contributed by atoms with Crippen LogP contribution in [-0.2, 0) is 19.1 Å². The summed E-state index contributed by atoms with van der Waals surface area (Å²) < 4.78 is 9.88. The van der Waals surface area contributed by atoms with Gasteiger partial charge in [-0.15, -0.1) is 6.58 Å². The van der Waals surface area contributed by atoms with Gasteiger partial charge in [0.15, 0.2) is 5.41 Å². The van der Waals surface area contributed by atoms with E-state index >= 15 is 0 Å². The lowest BCUT2D eigenvalue weighted by Crippen LogP contribution is -2.42. The molecule has 0 aliphatic carbocycles. The lowest BCUT2D eigenvalue weighted by atomic mass is 9.78. The van der Waals surface area contributed by atoms with Crippen LogP contribution in [0.3, 0.4) is 0 Å². The van der Waals surface area contributed by atoms with Crippen molar-refractivity contribution in [2.45, 2.75) is 27.2 Å². The Morgan fingerprint density at radius 1 is 1.18 bits per heavy atom. The van der Waals surface area contributed by atoms with Crippen molar-refractivity contribution in [3.05, 3.63) is 24.8 Å². The maximum atomic E-state index is 12.0. The van der Waals surface area contributed by atoms with Crippen LogP contribution in [0.25, 0.3) is 0 Å². The molecule has 0 aromatic heterocycles. The summed E-state index contributed by atoms with van der Waals surface area (Å²) in [4.78, 5) is 24.0. The van der Waals surface area contributed by atoms with Crippen molar-refractivity contribution < 1.29 is 19.1 Å². The van der Waals surface area contributed by atoms with E-state index in [1.54, 1.807) is 20.8 Å². The average Bonchev–Trinajstić information content (AvgIpc) is 2.25. The van der Waals surface area contributed by atoms with Crippen molar-refractivity contribution in [3.8, 4) is 0 Å². The summed E-state index contributed by atoms with van der Waals surface area (Å²) in [6, 6.07) is 0. The van der Waals surface area contributed by atoms with Crippen LogP contribution >= 0.6 is 0 Å². The SMILES string of the molecule is C=CCC(C(=C)C)(C(=O)OCC)C(=O)OCC. The summed E-state index contributed by atoms with van der Waals surface area (Å²) >= 11 is 0. The highest BCUT2D eigenvalue weighted by Crippen LogP contribution is 2.34. The zero-order valence-electron chi connectivity index (χ0n) is 10.7. The first kappa shape index (κ1) is 15.4. The molecule has 0 N–H and O–H groups in total. The molecule has 0 aromatic rings. The predicted octanol–water partition coefficient (Wildman–Crippen LogP) is 2.25. The van der Waals surface area contributed by atoms with Crippen LogP contribution in [0.5, 0.6) is 0 Å². The monoisotopic (exact) mass is 240 g/mol. The lowest BCUT2D eigenvalue weighted by molar-refractivity contribution is -0.168. The van der Waals surface area contributed by atoms with Gasteiger partial charge in [-0.3, -0.25) is 9.59 Å². The van der Waals surface area contributed by atoms with Crippen molar-refractivity contribution in [2.24, 2.45) is 5.41 Å². The van der Waals surface area contributed by atoms with Crippen LogP contribution < -0.4 is 0 Å². The number of hydrogen-bond donors (Lipinski definition) is 0. The zero-order chi connectivity index (χ0) is 13.5. The van der Waals surface area contributed by atoms with E-state index in [9.17, 15) is 9.59 Å². The molecule has 96 valence electrons. The Hall–Kier alpha value is -1.58. The smallest absolute Gasteiger partial charge is 0.328 e. The number of carbonyl (C=O) groups is 2. The zero-order valence-corrected chi connectivity index (χ0v) is 10.7. The van der Waals surface area contributed by atoms with Crippen molar-refractivity contribution in [1.82, 2.24) is 0 Å². The van der Waals surface area contributed by atoms with E-state index in [1.165, 1.54) is 6.08 Å². The number of hydrogen-bond acceptors (Lipinski definition) is 4. The molecule has 0 amide bonds. The third-order valence-corrected chi connectivity index (χ3v) is 2.43. The van der Waals surface area contributed by atoms with Gasteiger partial charge in [-0.25, -0.2) is 0 Å². The molecule has 0 heterocycles. The molecular weight excluding hydrogens is 220 g/mol. The molecule has 0 aliphatic rings. The first-order valence-corrected chi connectivity index (χ1v) is 5.58. The molecule has 4 heteroatoms. The Morgan fingerprint density at radius 3 is 1.82 bits per heavy atom. The Morgan fingerprint density at radius 2 is 1.59 bits per heavy atom. The lowest BCUT2D eigenvalue weighted by Gasteiger charge is -2.28. The molecule has 17 heavy (non-hydrogen) atoms. The van der Waals surface area contributed by atoms with Gasteiger partial charge in [0.05, 0.1) is 13.2 Å². The van der Waals surface area contributed by atoms with Crippen LogP contribution in [0.15, 0.2) is 24.8 Å². The van der Waals surface area contributed by atoms with Crippen LogP contribution in [0.1, 0.15) is 27.2 Å². The Balaban J connectivity index is 5.41. The van der Waals surface area contributed by atoms with Crippen molar-refractivity contribution in [1.29, 1.82) is 0 Å². The molecule has 0 unspecified atom stereocenters. The summed E-state index contributed by atoms with van der Waals surface area (Å²) in [5.74, 6) is -1.27. The minimum Gasteiger partial charge on any atom is -0.465 e. The highest BCUT2D eigenvalue weighted by atomic mass is 16.6. The second-order valence-corrected chi connectivity index (χ2v) is 3.62. The van der Waals surface area contributed by atoms with Crippen molar-refractivity contribution >= 4 is 11.9 Å². The van der Waals surface area contributed by atoms with Gasteiger partial charge in [0.25, 0.3) is 0 Å². The minimum atomic E-state index is -1.46. The van der Waals surface area contributed by atoms with Gasteiger partial charge >= 0.3 is 11.9 Å². The van der Waals surface area contributed by atoms with Crippen LogP contribution in [0.4, 0.5) is 0 Å². The third kappa shape index (κ3) is 3.19. The van der Waals surface area contributed by atoms with Gasteiger partial charge in [-0.2, -0.15) is 0 Å². The first-order chi connectivity index (χ1) is 7.97. The van der Waals surface area contributed by atoms with Crippen LogP contribution in [0.2, 0.25) is 0 Å². The molecule has 0 fully saturated rings. The number of allylic oxidation sites excluding steroid dienone is 1. The van der Waals surface area contributed by atoms with E-state index in [1.807, 2.05) is 0 Å². The number of rotatable bonds is 7. The first-order valence-electron chi connectivity index (χ1n) is 5.58. The van der Waals surface area contributed by atoms with Crippen LogP contribution in [-0.4, -0.2) is 25.2 Å². The maximum Gasteiger partial charge on any atom is 0.328 e. The minimum absolute atomic E-state index is 0.125. The largest absolute Gasteiger partial charge is 0.465 e. The van der Waals surface area contributed by atoms with Gasteiger partial charge in [0, 0.05) is 0 Å². The maximum absolute atomic E-state index is 12.0. The van der Waals surface area contributed by atoms with E-state index < -0.39 is 17.4 Å². The van der Waals surface area contributed by atoms with Crippen LogP contribution in [0, 0.1) is 5.41 Å². The van der Waals surface area contributed by atoms with Crippen molar-refractivity contribution in [2.75, 3.05) is 13.2 Å². The molecular formula is C13H20O4. The van der Waals surface area contributed by atoms with E-state index in [0.29, 0.717) is 5.57 Å². The van der Waals surface area contributed by atoms with Gasteiger partial charge in [-0.1, -0.05) is 18.2 Å². The molecule has 0 spiro atoms. The Kier molecular flexibility index (Phi) is 6.25. The van der Waals surface area contributed by atoms with E-state index in [0.717, 1.165) is 0 Å². The van der Waals surface area contributed by atoms with E-state index in [4.69, 9.17) is 9.47 Å². The predicted molar refractivity (Wildman–Crippen MR) is 65.3 cm³/mol. The number of ether oxygens (including phenoxy) is 2. The second-order valence-electron chi connectivity index (χ2n) is 3.62. The van der Waals surface area contributed by atoms with Gasteiger partial charge in [0.2, 0.25) is 0 Å². The molecule has 0 atom stereocenters. The second kappa shape index (κ2) is 6.89. The highest BCUT2D eigenvalue weighted by molar-refractivity contribution is 6.03. The summed E-state index contributed by atoms with van der Waals surface area (Å²) in [6.07, 6.45) is 1.61. The summed E-state index contributed by atoms with van der Waals surface area (Å²) in [5, 5.41) is 0. The van der Waals surface area contributed by atoms with Gasteiger partial charge in [0.1, 0.15) is 0 Å².